The number of nitrogens with zero attached hydrogens (tertiary/aromatic N) is 5. The minimum Gasteiger partial charge on any atom is -0.493 e. The van der Waals surface area contributed by atoms with E-state index >= 15 is 0 Å². The third kappa shape index (κ3) is 6.79. The average molecular weight is 599 g/mol. The van der Waals surface area contributed by atoms with Crippen LogP contribution in [-0.2, 0) is 11.3 Å². The Morgan fingerprint density at radius 2 is 1.93 bits per heavy atom. The Morgan fingerprint density at radius 1 is 1.12 bits per heavy atom. The highest BCUT2D eigenvalue weighted by Gasteiger charge is 2.26. The van der Waals surface area contributed by atoms with Crippen LogP contribution in [0.3, 0.4) is 0 Å². The van der Waals surface area contributed by atoms with E-state index in [4.69, 9.17) is 14.5 Å². The highest BCUT2D eigenvalue weighted by Crippen LogP contribution is 2.38. The highest BCUT2D eigenvalue weighted by molar-refractivity contribution is 7.16. The van der Waals surface area contributed by atoms with E-state index in [1.165, 1.54) is 37.3 Å². The fraction of sp³-hybridized carbons (Fsp3) is 0.483. The first-order valence-corrected chi connectivity index (χ1v) is 14.9. The summed E-state index contributed by atoms with van der Waals surface area (Å²) in [4.78, 5) is 43.2. The summed E-state index contributed by atoms with van der Waals surface area (Å²) in [5, 5.41) is 12.5. The van der Waals surface area contributed by atoms with E-state index in [0.717, 1.165) is 29.8 Å². The number of carbonyl (C=O) groups is 2. The van der Waals surface area contributed by atoms with Crippen LogP contribution in [-0.4, -0.2) is 76.5 Å². The molecule has 42 heavy (non-hydrogen) atoms. The monoisotopic (exact) mass is 598 g/mol. The molecule has 2 N–H and O–H groups in total. The van der Waals surface area contributed by atoms with Crippen molar-refractivity contribution in [3.05, 3.63) is 41.2 Å². The van der Waals surface area contributed by atoms with Gasteiger partial charge in [0.2, 0.25) is 6.86 Å². The normalized spacial score (nSPS) is 18.1. The molecule has 1 aromatic carbocycles. The predicted molar refractivity (Wildman–Crippen MR) is 157 cm³/mol. The number of thiazole rings is 1. The van der Waals surface area contributed by atoms with Crippen molar-refractivity contribution in [1.82, 2.24) is 19.9 Å². The Labute approximate surface area is 247 Å². The second-order valence-electron chi connectivity index (χ2n) is 10.5. The van der Waals surface area contributed by atoms with E-state index in [2.05, 4.69) is 27.1 Å². The SMILES string of the molecule is COc1ccc(-c2nc(NC(=O)c3cnc(N4CCC(C(=O)O)CC4)cn3)sc2CN2CCCC[C@H]2C)cc1OCF. The topological polar surface area (TPSA) is 130 Å². The van der Waals surface area contributed by atoms with Crippen LogP contribution < -0.4 is 19.7 Å². The van der Waals surface area contributed by atoms with Gasteiger partial charge in [-0.3, -0.25) is 19.8 Å². The number of carboxylic acid groups (broad SMARTS) is 1. The van der Waals surface area contributed by atoms with Crippen molar-refractivity contribution in [2.24, 2.45) is 5.92 Å². The van der Waals surface area contributed by atoms with E-state index in [9.17, 15) is 19.1 Å². The van der Waals surface area contributed by atoms with Crippen LogP contribution in [0.4, 0.5) is 15.3 Å². The number of ether oxygens (including phenoxy) is 2. The van der Waals surface area contributed by atoms with Crippen molar-refractivity contribution in [3.63, 3.8) is 0 Å². The van der Waals surface area contributed by atoms with Gasteiger partial charge in [0, 0.05) is 36.1 Å². The second-order valence-corrected chi connectivity index (χ2v) is 11.6. The summed E-state index contributed by atoms with van der Waals surface area (Å²) >= 11 is 1.40. The fourth-order valence-electron chi connectivity index (χ4n) is 5.43. The molecule has 0 aliphatic carbocycles. The number of aliphatic carboxylic acids is 1. The van der Waals surface area contributed by atoms with Gasteiger partial charge in [-0.15, -0.1) is 0 Å². The van der Waals surface area contributed by atoms with Gasteiger partial charge in [-0.05, 0) is 57.4 Å². The number of anilines is 2. The number of halogens is 1. The predicted octanol–water partition coefficient (Wildman–Crippen LogP) is 4.84. The summed E-state index contributed by atoms with van der Waals surface area (Å²) in [6.07, 6.45) is 7.50. The molecule has 0 bridgehead atoms. The maximum Gasteiger partial charge on any atom is 0.306 e. The first-order valence-electron chi connectivity index (χ1n) is 14.1. The maximum absolute atomic E-state index is 13.1. The largest absolute Gasteiger partial charge is 0.493 e. The number of aromatic nitrogens is 3. The zero-order valence-electron chi connectivity index (χ0n) is 23.7. The van der Waals surface area contributed by atoms with Gasteiger partial charge >= 0.3 is 5.97 Å². The van der Waals surface area contributed by atoms with Crippen molar-refractivity contribution in [3.8, 4) is 22.8 Å². The van der Waals surface area contributed by atoms with Crippen molar-refractivity contribution >= 4 is 34.2 Å². The molecule has 2 aliphatic rings. The van der Waals surface area contributed by atoms with Crippen molar-refractivity contribution < 1.29 is 28.6 Å². The van der Waals surface area contributed by atoms with Crippen LogP contribution in [0.15, 0.2) is 30.6 Å². The molecule has 4 heterocycles. The van der Waals surface area contributed by atoms with Crippen molar-refractivity contribution in [2.45, 2.75) is 51.6 Å². The van der Waals surface area contributed by atoms with Gasteiger partial charge < -0.3 is 19.5 Å². The van der Waals surface area contributed by atoms with Gasteiger partial charge in [0.1, 0.15) is 11.5 Å². The quantitative estimate of drug-likeness (QED) is 0.334. The zero-order chi connectivity index (χ0) is 29.6. The van der Waals surface area contributed by atoms with Gasteiger partial charge in [-0.2, -0.15) is 0 Å². The molecule has 2 aliphatic heterocycles. The average Bonchev–Trinajstić information content (AvgIpc) is 3.40. The summed E-state index contributed by atoms with van der Waals surface area (Å²) in [6.45, 7) is 4.02. The number of hydrogen-bond acceptors (Lipinski definition) is 10. The molecule has 0 unspecified atom stereocenters. The second kappa shape index (κ2) is 13.4. The van der Waals surface area contributed by atoms with Crippen molar-refractivity contribution in [2.75, 3.05) is 43.8 Å². The standard InChI is InChI=1S/C29H35FN6O5S/c1-18-5-3-4-10-36(18)16-24-26(20-6-7-22(40-2)23(13-20)41-17-30)33-29(42-24)34-27(37)21-14-32-25(15-31-21)35-11-8-19(9-12-35)28(38)39/h6-7,13-15,18-19H,3-5,8-12,16-17H2,1-2H3,(H,38,39)(H,33,34,37)/t18-/m1/s1. The lowest BCUT2D eigenvalue weighted by molar-refractivity contribution is -0.142. The lowest BCUT2D eigenvalue weighted by Gasteiger charge is -2.33. The molecule has 2 fully saturated rings. The minimum atomic E-state index is -0.989. The molecule has 11 nitrogen and oxygen atoms in total. The van der Waals surface area contributed by atoms with Gasteiger partial charge in [0.15, 0.2) is 16.6 Å². The molecule has 13 heteroatoms. The molecule has 2 saturated heterocycles. The molecule has 224 valence electrons. The minimum absolute atomic E-state index is 0.144. The molecule has 0 saturated carbocycles. The summed E-state index contributed by atoms with van der Waals surface area (Å²) in [5.74, 6) is -0.252. The Kier molecular flexibility index (Phi) is 9.48. The molecule has 2 aromatic heterocycles. The van der Waals surface area contributed by atoms with Crippen LogP contribution in [0.5, 0.6) is 11.5 Å². The van der Waals surface area contributed by atoms with Crippen LogP contribution >= 0.6 is 11.3 Å². The van der Waals surface area contributed by atoms with Gasteiger partial charge in [-0.25, -0.2) is 19.3 Å². The number of likely N-dealkylation sites (tertiary alicyclic amines) is 1. The molecular formula is C29H35FN6O5S. The first-order chi connectivity index (χ1) is 20.4. The molecule has 1 amide bonds. The molecular weight excluding hydrogens is 563 g/mol. The number of nitrogens with one attached hydrogen (secondary N) is 1. The Balaban J connectivity index is 1.35. The summed E-state index contributed by atoms with van der Waals surface area (Å²) in [6, 6.07) is 5.69. The number of benzene rings is 1. The van der Waals surface area contributed by atoms with Crippen LogP contribution in [0.25, 0.3) is 11.3 Å². The van der Waals surface area contributed by atoms with Gasteiger partial charge in [-0.1, -0.05) is 17.8 Å². The number of carboxylic acids is 1. The number of alkyl halides is 1. The van der Waals surface area contributed by atoms with E-state index < -0.39 is 18.7 Å². The smallest absolute Gasteiger partial charge is 0.306 e. The van der Waals surface area contributed by atoms with Crippen LogP contribution in [0.2, 0.25) is 0 Å². The number of carbonyl (C=O) groups excluding carboxylic acids is 1. The number of piperidine rings is 2. The van der Waals surface area contributed by atoms with Crippen molar-refractivity contribution in [1.29, 1.82) is 0 Å². The molecule has 5 rings (SSSR count). The van der Waals surface area contributed by atoms with Crippen LogP contribution in [0.1, 0.15) is 54.4 Å². The Morgan fingerprint density at radius 3 is 2.60 bits per heavy atom. The van der Waals surface area contributed by atoms with Crippen LogP contribution in [0, 0.1) is 5.92 Å². The highest BCUT2D eigenvalue weighted by atomic mass is 32.1. The lowest BCUT2D eigenvalue weighted by atomic mass is 9.97. The molecule has 3 aromatic rings. The van der Waals surface area contributed by atoms with E-state index in [1.807, 2.05) is 11.0 Å². The van der Waals surface area contributed by atoms with E-state index in [1.54, 1.807) is 12.1 Å². The van der Waals surface area contributed by atoms with Gasteiger partial charge in [0.25, 0.3) is 5.91 Å². The molecule has 1 atom stereocenters. The third-order valence-electron chi connectivity index (χ3n) is 7.89. The third-order valence-corrected chi connectivity index (χ3v) is 8.85. The number of rotatable bonds is 10. The summed E-state index contributed by atoms with van der Waals surface area (Å²) in [5.41, 5.74) is 1.56. The maximum atomic E-state index is 13.1. The number of amides is 1. The number of methoxy groups -OCH3 is 1. The summed E-state index contributed by atoms with van der Waals surface area (Å²) in [7, 11) is 1.50. The summed E-state index contributed by atoms with van der Waals surface area (Å²) < 4.78 is 23.5. The zero-order valence-corrected chi connectivity index (χ0v) is 24.5. The fourth-order valence-corrected chi connectivity index (χ4v) is 6.43. The first kappa shape index (κ1) is 29.6. The molecule has 0 radical (unpaired) electrons. The molecule has 0 spiro atoms. The number of hydrogen-bond donors (Lipinski definition) is 2. The van der Waals surface area contributed by atoms with Gasteiger partial charge in [0.05, 0.1) is 31.1 Å². The lowest BCUT2D eigenvalue weighted by Crippen LogP contribution is -2.36. The Bertz CT molecular complexity index is 1400. The van der Waals surface area contributed by atoms with E-state index in [0.29, 0.717) is 60.9 Å². The van der Waals surface area contributed by atoms with E-state index in [-0.39, 0.29) is 17.4 Å². The Hall–Kier alpha value is -3.84.